The third-order valence-electron chi connectivity index (χ3n) is 4.05. The van der Waals surface area contributed by atoms with E-state index < -0.39 is 16.9 Å². The number of non-ortho nitro benzene ring substituents is 1. The maximum Gasteiger partial charge on any atom is 0.359 e. The van der Waals surface area contributed by atoms with Crippen LogP contribution in [0.5, 0.6) is 0 Å². The van der Waals surface area contributed by atoms with Crippen LogP contribution in [-0.2, 0) is 22.4 Å². The van der Waals surface area contributed by atoms with Crippen LogP contribution in [0.25, 0.3) is 0 Å². The summed E-state index contributed by atoms with van der Waals surface area (Å²) in [5.41, 5.74) is 1.00. The second-order valence-electron chi connectivity index (χ2n) is 5.92. The van der Waals surface area contributed by atoms with E-state index in [1.165, 1.54) is 23.9 Å². The second-order valence-corrected chi connectivity index (χ2v) is 6.69. The van der Waals surface area contributed by atoms with Crippen molar-refractivity contribution in [3.63, 3.8) is 0 Å². The molecular weight excluding hydrogens is 398 g/mol. The third kappa shape index (κ3) is 5.57. The summed E-state index contributed by atoms with van der Waals surface area (Å²) < 4.78 is 11.8. The molecule has 1 aromatic heterocycles. The Morgan fingerprint density at radius 3 is 2.31 bits per heavy atom. The van der Waals surface area contributed by atoms with Crippen molar-refractivity contribution in [3.05, 3.63) is 51.3 Å². The van der Waals surface area contributed by atoms with Gasteiger partial charge in [-0.2, -0.15) is 0 Å². The Labute approximate surface area is 172 Å². The quantitative estimate of drug-likeness (QED) is 0.248. The van der Waals surface area contributed by atoms with Gasteiger partial charge in [-0.25, -0.2) is 14.6 Å². The minimum Gasteiger partial charge on any atom is -0.461 e. The number of nitrogens with zero attached hydrogens (tertiary/aromatic N) is 3. The van der Waals surface area contributed by atoms with Crippen LogP contribution in [0.4, 0.5) is 5.69 Å². The van der Waals surface area contributed by atoms with E-state index in [0.717, 1.165) is 5.56 Å². The van der Waals surface area contributed by atoms with Crippen molar-refractivity contribution < 1.29 is 24.0 Å². The van der Waals surface area contributed by atoms with Gasteiger partial charge in [0.15, 0.2) is 16.5 Å². The van der Waals surface area contributed by atoms with E-state index in [1.807, 2.05) is 0 Å². The molecule has 0 aliphatic carbocycles. The number of imidazole rings is 1. The molecule has 0 saturated heterocycles. The topological polar surface area (TPSA) is 114 Å². The van der Waals surface area contributed by atoms with Crippen molar-refractivity contribution in [2.45, 2.75) is 38.4 Å². The number of aryl methyl sites for hydroxylation is 1. The molecule has 0 unspecified atom stereocenters. The first-order valence-electron chi connectivity index (χ1n) is 9.14. The van der Waals surface area contributed by atoms with Crippen LogP contribution < -0.4 is 0 Å². The molecule has 29 heavy (non-hydrogen) atoms. The van der Waals surface area contributed by atoms with Gasteiger partial charge in [-0.05, 0) is 38.5 Å². The van der Waals surface area contributed by atoms with Crippen LogP contribution in [0.1, 0.15) is 46.8 Å². The van der Waals surface area contributed by atoms with E-state index in [4.69, 9.17) is 9.47 Å². The summed E-state index contributed by atoms with van der Waals surface area (Å²) in [6.45, 7) is 4.13. The fraction of sp³-hybridized carbons (Fsp3) is 0.421. The number of esters is 2. The molecular formula is C19H23N3O6S. The van der Waals surface area contributed by atoms with Gasteiger partial charge in [-0.3, -0.25) is 10.1 Å². The van der Waals surface area contributed by atoms with Gasteiger partial charge < -0.3 is 14.0 Å². The number of aromatic nitrogens is 2. The summed E-state index contributed by atoms with van der Waals surface area (Å²) in [5, 5.41) is 11.3. The van der Waals surface area contributed by atoms with E-state index in [0.29, 0.717) is 24.5 Å². The smallest absolute Gasteiger partial charge is 0.359 e. The molecule has 1 aromatic carbocycles. The number of benzene rings is 1. The van der Waals surface area contributed by atoms with Crippen LogP contribution in [-0.4, -0.2) is 45.9 Å². The van der Waals surface area contributed by atoms with Crippen LogP contribution in [0.15, 0.2) is 29.4 Å². The molecule has 2 aromatic rings. The molecule has 0 radical (unpaired) electrons. The molecule has 0 fully saturated rings. The molecule has 0 bridgehead atoms. The summed E-state index contributed by atoms with van der Waals surface area (Å²) in [6, 6.07) is 6.33. The van der Waals surface area contributed by atoms with Crippen LogP contribution in [0.2, 0.25) is 0 Å². The molecule has 9 nitrogen and oxygen atoms in total. The number of thioether (sulfide) groups is 1. The molecule has 0 aliphatic rings. The van der Waals surface area contributed by atoms with Crippen molar-refractivity contribution in [1.82, 2.24) is 9.55 Å². The maximum absolute atomic E-state index is 12.5. The van der Waals surface area contributed by atoms with E-state index in [-0.39, 0.29) is 30.3 Å². The first kappa shape index (κ1) is 22.4. The fourth-order valence-electron chi connectivity index (χ4n) is 2.77. The summed E-state index contributed by atoms with van der Waals surface area (Å²) in [4.78, 5) is 39.4. The number of nitro benzene ring substituents is 1. The zero-order chi connectivity index (χ0) is 21.4. The number of carbonyl (C=O) groups excluding carboxylic acids is 2. The summed E-state index contributed by atoms with van der Waals surface area (Å²) >= 11 is 1.31. The number of rotatable bonds is 10. The Balaban J connectivity index is 2.24. The number of carbonyl (C=O) groups is 2. The predicted molar refractivity (Wildman–Crippen MR) is 107 cm³/mol. The predicted octanol–water partition coefficient (Wildman–Crippen LogP) is 3.50. The standard InChI is InChI=1S/C19H23N3O6S/c1-4-27-17(23)15-16(18(24)28-5-2)21(19(20-15)29-3)12-6-7-13-8-10-14(11-9-13)22(25)26/h8-11H,4-7,12H2,1-3H3. The molecule has 1 heterocycles. The maximum atomic E-state index is 12.5. The highest BCUT2D eigenvalue weighted by atomic mass is 32.2. The van der Waals surface area contributed by atoms with E-state index in [1.54, 1.807) is 36.8 Å². The highest BCUT2D eigenvalue weighted by molar-refractivity contribution is 7.98. The summed E-state index contributed by atoms with van der Waals surface area (Å²) in [5.74, 6) is -1.29. The number of nitro groups is 1. The van der Waals surface area contributed by atoms with Gasteiger partial charge in [0.2, 0.25) is 0 Å². The van der Waals surface area contributed by atoms with Gasteiger partial charge in [-0.15, -0.1) is 0 Å². The van der Waals surface area contributed by atoms with Crippen molar-refractivity contribution >= 4 is 29.4 Å². The molecule has 0 amide bonds. The minimum absolute atomic E-state index is 0.0386. The molecule has 0 N–H and O–H groups in total. The molecule has 0 spiro atoms. The van der Waals surface area contributed by atoms with Gasteiger partial charge in [0, 0.05) is 18.7 Å². The lowest BCUT2D eigenvalue weighted by Gasteiger charge is -2.11. The van der Waals surface area contributed by atoms with Crippen LogP contribution >= 0.6 is 11.8 Å². The Kier molecular flexibility index (Phi) is 8.20. The SMILES string of the molecule is CCOC(=O)c1nc(SC)n(CCCc2ccc([N+](=O)[O-])cc2)c1C(=O)OCC. The lowest BCUT2D eigenvalue weighted by atomic mass is 10.1. The Morgan fingerprint density at radius 2 is 1.76 bits per heavy atom. The minimum atomic E-state index is -0.667. The van der Waals surface area contributed by atoms with E-state index >= 15 is 0 Å². The Hall–Kier alpha value is -2.88. The molecule has 0 aliphatic heterocycles. The van der Waals surface area contributed by atoms with Crippen LogP contribution in [0, 0.1) is 10.1 Å². The van der Waals surface area contributed by atoms with Crippen molar-refractivity contribution in [2.24, 2.45) is 0 Å². The average Bonchev–Trinajstić information content (AvgIpc) is 3.07. The Morgan fingerprint density at radius 1 is 1.14 bits per heavy atom. The average molecular weight is 421 g/mol. The fourth-order valence-corrected chi connectivity index (χ4v) is 3.35. The van der Waals surface area contributed by atoms with Gasteiger partial charge >= 0.3 is 11.9 Å². The third-order valence-corrected chi connectivity index (χ3v) is 4.72. The molecule has 2 rings (SSSR count). The number of ether oxygens (including phenoxy) is 2. The summed E-state index contributed by atoms with van der Waals surface area (Å²) in [6.07, 6.45) is 3.08. The molecule has 156 valence electrons. The highest BCUT2D eigenvalue weighted by Crippen LogP contribution is 2.23. The van der Waals surface area contributed by atoms with E-state index in [2.05, 4.69) is 4.98 Å². The largest absolute Gasteiger partial charge is 0.461 e. The lowest BCUT2D eigenvalue weighted by Crippen LogP contribution is -2.18. The zero-order valence-electron chi connectivity index (χ0n) is 16.5. The van der Waals surface area contributed by atoms with E-state index in [9.17, 15) is 19.7 Å². The van der Waals surface area contributed by atoms with Crippen molar-refractivity contribution in [1.29, 1.82) is 0 Å². The second kappa shape index (κ2) is 10.6. The lowest BCUT2D eigenvalue weighted by molar-refractivity contribution is -0.384. The molecule has 10 heteroatoms. The molecule has 0 saturated carbocycles. The summed E-state index contributed by atoms with van der Waals surface area (Å²) in [7, 11) is 0. The Bertz CT molecular complexity index is 879. The monoisotopic (exact) mass is 421 g/mol. The first-order chi connectivity index (χ1) is 13.9. The zero-order valence-corrected chi connectivity index (χ0v) is 17.4. The van der Waals surface area contributed by atoms with Crippen molar-refractivity contribution in [2.75, 3.05) is 19.5 Å². The van der Waals surface area contributed by atoms with Gasteiger partial charge in [0.1, 0.15) is 0 Å². The highest BCUT2D eigenvalue weighted by Gasteiger charge is 2.29. The normalized spacial score (nSPS) is 10.6. The van der Waals surface area contributed by atoms with Crippen molar-refractivity contribution in [3.8, 4) is 0 Å². The van der Waals surface area contributed by atoms with Gasteiger partial charge in [0.05, 0.1) is 18.1 Å². The van der Waals surface area contributed by atoms with Gasteiger partial charge in [0.25, 0.3) is 5.69 Å². The molecule has 0 atom stereocenters. The number of hydrogen-bond acceptors (Lipinski definition) is 8. The number of hydrogen-bond donors (Lipinski definition) is 0. The van der Waals surface area contributed by atoms with Crippen LogP contribution in [0.3, 0.4) is 0 Å². The first-order valence-corrected chi connectivity index (χ1v) is 10.4. The van der Waals surface area contributed by atoms with Gasteiger partial charge in [-0.1, -0.05) is 23.9 Å².